The molecule has 2 nitrogen and oxygen atoms in total. The quantitative estimate of drug-likeness (QED) is 0.558. The zero-order valence-corrected chi connectivity index (χ0v) is 7.70. The smallest absolute Gasteiger partial charge is 0.141 e. The molecule has 0 N–H and O–H groups in total. The summed E-state index contributed by atoms with van der Waals surface area (Å²) in [7, 11) is 0. The van der Waals surface area contributed by atoms with Crippen LogP contribution in [-0.4, -0.2) is 4.98 Å². The lowest BCUT2D eigenvalue weighted by Crippen LogP contribution is -1.87. The van der Waals surface area contributed by atoms with Gasteiger partial charge >= 0.3 is 0 Å². The maximum atomic E-state index is 8.58. The van der Waals surface area contributed by atoms with Gasteiger partial charge in [-0.2, -0.15) is 5.26 Å². The highest BCUT2D eigenvalue weighted by Gasteiger charge is 1.92. The molecular formula is C11H10N2. The van der Waals surface area contributed by atoms with Gasteiger partial charge in [0.05, 0.1) is 0 Å². The van der Waals surface area contributed by atoms with Gasteiger partial charge in [-0.05, 0) is 18.1 Å². The Labute approximate surface area is 78.2 Å². The van der Waals surface area contributed by atoms with E-state index in [1.54, 1.807) is 18.2 Å². The third kappa shape index (κ3) is 2.97. The molecule has 0 aliphatic carbocycles. The molecule has 1 aromatic heterocycles. The molecule has 0 amide bonds. The Balaban J connectivity index is 2.93. The summed E-state index contributed by atoms with van der Waals surface area (Å²) in [6.45, 7) is 4.03. The third-order valence-corrected chi connectivity index (χ3v) is 1.35. The summed E-state index contributed by atoms with van der Waals surface area (Å²) < 4.78 is 0. The van der Waals surface area contributed by atoms with E-state index >= 15 is 0 Å². The molecule has 0 aliphatic rings. The highest BCUT2D eigenvalue weighted by Crippen LogP contribution is 1.97. The first-order valence-corrected chi connectivity index (χ1v) is 4.11. The fourth-order valence-electron chi connectivity index (χ4n) is 0.785. The van der Waals surface area contributed by atoms with Gasteiger partial charge in [0.2, 0.25) is 0 Å². The van der Waals surface area contributed by atoms with Crippen LogP contribution in [0.2, 0.25) is 0 Å². The van der Waals surface area contributed by atoms with Gasteiger partial charge in [0.25, 0.3) is 0 Å². The van der Waals surface area contributed by atoms with E-state index in [2.05, 4.69) is 16.8 Å². The number of pyridine rings is 1. The molecule has 64 valence electrons. The van der Waals surface area contributed by atoms with Gasteiger partial charge < -0.3 is 0 Å². The molecule has 13 heavy (non-hydrogen) atoms. The largest absolute Gasteiger partial charge is 0.229 e. The molecule has 0 bridgehead atoms. The van der Waals surface area contributed by atoms with Gasteiger partial charge in [0.1, 0.15) is 17.5 Å². The second-order valence-corrected chi connectivity index (χ2v) is 2.94. The average Bonchev–Trinajstić information content (AvgIpc) is 2.15. The van der Waals surface area contributed by atoms with E-state index in [0.717, 1.165) is 0 Å². The summed E-state index contributed by atoms with van der Waals surface area (Å²) in [5.41, 5.74) is 1.07. The van der Waals surface area contributed by atoms with Crippen LogP contribution < -0.4 is 0 Å². The van der Waals surface area contributed by atoms with E-state index < -0.39 is 0 Å². The average molecular weight is 170 g/mol. The number of hydrogen-bond acceptors (Lipinski definition) is 2. The number of aromatic nitrogens is 1. The topological polar surface area (TPSA) is 36.7 Å². The van der Waals surface area contributed by atoms with Gasteiger partial charge in [0.15, 0.2) is 0 Å². The normalized spacial score (nSPS) is 8.77. The highest BCUT2D eigenvalue weighted by atomic mass is 14.7. The summed E-state index contributed by atoms with van der Waals surface area (Å²) in [5, 5.41) is 8.58. The Morgan fingerprint density at radius 1 is 1.31 bits per heavy atom. The Morgan fingerprint density at radius 2 is 2.00 bits per heavy atom. The van der Waals surface area contributed by atoms with Gasteiger partial charge in [-0.3, -0.25) is 0 Å². The van der Waals surface area contributed by atoms with Crippen molar-refractivity contribution in [1.82, 2.24) is 4.98 Å². The van der Waals surface area contributed by atoms with E-state index in [1.165, 1.54) is 0 Å². The SMILES string of the molecule is CC(C)C#Cc1cccc(C#N)n1. The molecule has 0 aliphatic heterocycles. The number of nitriles is 1. The first kappa shape index (κ1) is 9.29. The minimum Gasteiger partial charge on any atom is -0.229 e. The van der Waals surface area contributed by atoms with E-state index in [0.29, 0.717) is 17.3 Å². The van der Waals surface area contributed by atoms with Crippen LogP contribution in [0.15, 0.2) is 18.2 Å². The zero-order valence-electron chi connectivity index (χ0n) is 7.70. The molecule has 0 unspecified atom stereocenters. The van der Waals surface area contributed by atoms with Crippen molar-refractivity contribution >= 4 is 0 Å². The first-order valence-electron chi connectivity index (χ1n) is 4.11. The highest BCUT2D eigenvalue weighted by molar-refractivity contribution is 5.32. The standard InChI is InChI=1S/C11H10N2/c1-9(2)6-7-10-4-3-5-11(8-12)13-10/h3-5,9H,1-2H3. The summed E-state index contributed by atoms with van der Waals surface area (Å²) in [6.07, 6.45) is 0. The van der Waals surface area contributed by atoms with Crippen LogP contribution in [0.5, 0.6) is 0 Å². The minimum atomic E-state index is 0.326. The van der Waals surface area contributed by atoms with E-state index in [4.69, 9.17) is 5.26 Å². The number of hydrogen-bond donors (Lipinski definition) is 0. The van der Waals surface area contributed by atoms with E-state index in [9.17, 15) is 0 Å². The second-order valence-electron chi connectivity index (χ2n) is 2.94. The lowest BCUT2D eigenvalue weighted by Gasteiger charge is -1.90. The van der Waals surface area contributed by atoms with Crippen LogP contribution in [0.3, 0.4) is 0 Å². The molecule has 1 aromatic rings. The Kier molecular flexibility index (Phi) is 3.06. The van der Waals surface area contributed by atoms with Gasteiger partial charge in [-0.25, -0.2) is 4.98 Å². The van der Waals surface area contributed by atoms with Crippen molar-refractivity contribution < 1.29 is 0 Å². The van der Waals surface area contributed by atoms with Crippen molar-refractivity contribution in [1.29, 1.82) is 5.26 Å². The predicted octanol–water partition coefficient (Wildman–Crippen LogP) is 1.96. The Hall–Kier alpha value is -1.80. The van der Waals surface area contributed by atoms with Crippen LogP contribution in [0.4, 0.5) is 0 Å². The molecule has 2 heteroatoms. The molecule has 0 spiro atoms. The second kappa shape index (κ2) is 4.28. The van der Waals surface area contributed by atoms with Gasteiger partial charge in [-0.15, -0.1) is 0 Å². The lowest BCUT2D eigenvalue weighted by molar-refractivity contribution is 0.866. The molecule has 1 rings (SSSR count). The maximum Gasteiger partial charge on any atom is 0.141 e. The fraction of sp³-hybridized carbons (Fsp3) is 0.273. The molecule has 0 saturated carbocycles. The van der Waals surface area contributed by atoms with Crippen molar-refractivity contribution in [2.45, 2.75) is 13.8 Å². The molecule has 0 atom stereocenters. The lowest BCUT2D eigenvalue weighted by atomic mass is 10.2. The van der Waals surface area contributed by atoms with E-state index in [1.807, 2.05) is 19.9 Å². The Bertz CT molecular complexity index is 389. The van der Waals surface area contributed by atoms with Gasteiger partial charge in [0, 0.05) is 5.92 Å². The summed E-state index contributed by atoms with van der Waals surface area (Å²) >= 11 is 0. The van der Waals surface area contributed by atoms with Crippen LogP contribution >= 0.6 is 0 Å². The van der Waals surface area contributed by atoms with E-state index in [-0.39, 0.29) is 0 Å². The predicted molar refractivity (Wildman–Crippen MR) is 50.7 cm³/mol. The maximum absolute atomic E-state index is 8.58. The summed E-state index contributed by atoms with van der Waals surface area (Å²) in [6, 6.07) is 7.23. The van der Waals surface area contributed by atoms with Crippen molar-refractivity contribution in [3.63, 3.8) is 0 Å². The first-order chi connectivity index (χ1) is 6.22. The van der Waals surface area contributed by atoms with Crippen LogP contribution in [0, 0.1) is 29.1 Å². The molecule has 1 heterocycles. The molecule has 0 radical (unpaired) electrons. The molecular weight excluding hydrogens is 160 g/mol. The van der Waals surface area contributed by atoms with Crippen molar-refractivity contribution in [2.24, 2.45) is 5.92 Å². The zero-order chi connectivity index (χ0) is 9.68. The molecule has 0 fully saturated rings. The van der Waals surface area contributed by atoms with Crippen molar-refractivity contribution in [3.05, 3.63) is 29.6 Å². The monoisotopic (exact) mass is 170 g/mol. The van der Waals surface area contributed by atoms with Crippen LogP contribution in [-0.2, 0) is 0 Å². The molecule has 0 saturated heterocycles. The third-order valence-electron chi connectivity index (χ3n) is 1.35. The van der Waals surface area contributed by atoms with Crippen LogP contribution in [0.25, 0.3) is 0 Å². The number of nitrogens with zero attached hydrogens (tertiary/aromatic N) is 2. The summed E-state index contributed by atoms with van der Waals surface area (Å²) in [4.78, 5) is 4.03. The van der Waals surface area contributed by atoms with Gasteiger partial charge in [-0.1, -0.05) is 25.8 Å². The Morgan fingerprint density at radius 3 is 2.62 bits per heavy atom. The van der Waals surface area contributed by atoms with Crippen molar-refractivity contribution in [2.75, 3.05) is 0 Å². The molecule has 0 aromatic carbocycles. The van der Waals surface area contributed by atoms with Crippen LogP contribution in [0.1, 0.15) is 25.2 Å². The number of rotatable bonds is 0. The fourth-order valence-corrected chi connectivity index (χ4v) is 0.785. The summed E-state index contributed by atoms with van der Waals surface area (Å²) in [5.74, 6) is 6.22. The minimum absolute atomic E-state index is 0.326. The van der Waals surface area contributed by atoms with Crippen molar-refractivity contribution in [3.8, 4) is 17.9 Å².